The van der Waals surface area contributed by atoms with E-state index in [1.165, 1.54) is 0 Å². The Hall–Kier alpha value is -2.89. The van der Waals surface area contributed by atoms with Crippen molar-refractivity contribution in [1.82, 2.24) is 9.88 Å². The van der Waals surface area contributed by atoms with Gasteiger partial charge in [-0.3, -0.25) is 14.6 Å². The van der Waals surface area contributed by atoms with Gasteiger partial charge in [0.1, 0.15) is 12.4 Å². The first-order valence-electron chi connectivity index (χ1n) is 9.13. The zero-order valence-corrected chi connectivity index (χ0v) is 15.4. The number of pyridine rings is 1. The van der Waals surface area contributed by atoms with Gasteiger partial charge in [0.25, 0.3) is 0 Å². The van der Waals surface area contributed by atoms with Crippen LogP contribution in [0.25, 0.3) is 0 Å². The highest BCUT2D eigenvalue weighted by Crippen LogP contribution is 2.23. The molecule has 0 aliphatic carbocycles. The number of aliphatic carboxylic acids is 1. The number of piperidine rings is 1. The number of nitrogens with zero attached hydrogens (tertiary/aromatic N) is 2. The van der Waals surface area contributed by atoms with Crippen LogP contribution in [-0.2, 0) is 22.6 Å². The van der Waals surface area contributed by atoms with Gasteiger partial charge in [0.15, 0.2) is 0 Å². The molecule has 0 bridgehead atoms. The number of carbonyl (C=O) groups is 2. The summed E-state index contributed by atoms with van der Waals surface area (Å²) in [6.07, 6.45) is 2.62. The molecular weight excluding hydrogens is 344 g/mol. The van der Waals surface area contributed by atoms with Gasteiger partial charge in [-0.25, -0.2) is 0 Å². The number of hydrogen-bond acceptors (Lipinski definition) is 4. The molecule has 6 nitrogen and oxygen atoms in total. The second-order valence-electron chi connectivity index (χ2n) is 7.11. The molecule has 1 aliphatic heterocycles. The third kappa shape index (κ3) is 5.29. The smallest absolute Gasteiger partial charge is 0.308 e. The molecule has 1 aromatic carbocycles. The molecule has 1 N–H and O–H groups in total. The van der Waals surface area contributed by atoms with E-state index in [0.717, 1.165) is 17.0 Å². The second-order valence-corrected chi connectivity index (χ2v) is 7.11. The van der Waals surface area contributed by atoms with Crippen LogP contribution in [0.2, 0.25) is 0 Å². The van der Waals surface area contributed by atoms with E-state index in [1.807, 2.05) is 49.4 Å². The highest BCUT2D eigenvalue weighted by atomic mass is 16.5. The summed E-state index contributed by atoms with van der Waals surface area (Å²) in [5.74, 6) is -0.413. The molecule has 1 amide bonds. The number of rotatable bonds is 6. The van der Waals surface area contributed by atoms with Crippen molar-refractivity contribution >= 4 is 11.9 Å². The Kier molecular flexibility index (Phi) is 6.06. The van der Waals surface area contributed by atoms with E-state index < -0.39 is 11.9 Å². The quantitative estimate of drug-likeness (QED) is 0.848. The average molecular weight is 368 g/mol. The van der Waals surface area contributed by atoms with E-state index >= 15 is 0 Å². The highest BCUT2D eigenvalue weighted by Gasteiger charge is 2.31. The van der Waals surface area contributed by atoms with E-state index in [0.29, 0.717) is 26.1 Å². The molecule has 2 atom stereocenters. The summed E-state index contributed by atoms with van der Waals surface area (Å²) < 4.78 is 5.70. The van der Waals surface area contributed by atoms with Crippen LogP contribution < -0.4 is 4.74 Å². The molecule has 2 heterocycles. The molecule has 0 radical (unpaired) electrons. The minimum atomic E-state index is -0.825. The van der Waals surface area contributed by atoms with Gasteiger partial charge < -0.3 is 14.7 Å². The van der Waals surface area contributed by atoms with Gasteiger partial charge in [0.05, 0.1) is 18.0 Å². The lowest BCUT2D eigenvalue weighted by atomic mass is 9.90. The standard InChI is InChI=1S/C21H24N2O4/c1-15-10-17(21(25)26)13-23(12-15)20(24)11-16-5-7-19(8-6-16)27-14-18-4-2-3-9-22-18/h2-9,15,17H,10-14H2,1H3,(H,25,26). The second kappa shape index (κ2) is 8.66. The molecule has 1 aliphatic rings. The monoisotopic (exact) mass is 368 g/mol. The van der Waals surface area contributed by atoms with E-state index in [-0.39, 0.29) is 18.2 Å². The topological polar surface area (TPSA) is 79.7 Å². The zero-order valence-electron chi connectivity index (χ0n) is 15.4. The van der Waals surface area contributed by atoms with Crippen molar-refractivity contribution in [3.63, 3.8) is 0 Å². The van der Waals surface area contributed by atoms with Crippen molar-refractivity contribution in [2.75, 3.05) is 13.1 Å². The van der Waals surface area contributed by atoms with E-state index in [1.54, 1.807) is 11.1 Å². The Morgan fingerprint density at radius 3 is 2.63 bits per heavy atom. The van der Waals surface area contributed by atoms with Crippen molar-refractivity contribution in [2.24, 2.45) is 11.8 Å². The predicted molar refractivity (Wildman–Crippen MR) is 100 cm³/mol. The largest absolute Gasteiger partial charge is 0.487 e. The molecule has 142 valence electrons. The van der Waals surface area contributed by atoms with Crippen molar-refractivity contribution < 1.29 is 19.4 Å². The van der Waals surface area contributed by atoms with Crippen LogP contribution in [0.4, 0.5) is 0 Å². The maximum Gasteiger partial charge on any atom is 0.308 e. The first kappa shape index (κ1) is 18.9. The number of benzene rings is 1. The van der Waals surface area contributed by atoms with Crippen LogP contribution in [0.5, 0.6) is 5.75 Å². The van der Waals surface area contributed by atoms with Crippen molar-refractivity contribution in [3.8, 4) is 5.75 Å². The van der Waals surface area contributed by atoms with E-state index in [2.05, 4.69) is 4.98 Å². The number of likely N-dealkylation sites (tertiary alicyclic amines) is 1. The molecule has 2 unspecified atom stereocenters. The maximum absolute atomic E-state index is 12.6. The molecular formula is C21H24N2O4. The summed E-state index contributed by atoms with van der Waals surface area (Å²) in [6.45, 7) is 3.29. The lowest BCUT2D eigenvalue weighted by Crippen LogP contribution is -2.46. The summed E-state index contributed by atoms with van der Waals surface area (Å²) in [4.78, 5) is 29.7. The van der Waals surface area contributed by atoms with Gasteiger partial charge in [0.2, 0.25) is 5.91 Å². The molecule has 1 aromatic heterocycles. The fourth-order valence-electron chi connectivity index (χ4n) is 3.36. The van der Waals surface area contributed by atoms with Gasteiger partial charge in [-0.15, -0.1) is 0 Å². The van der Waals surface area contributed by atoms with Gasteiger partial charge >= 0.3 is 5.97 Å². The lowest BCUT2D eigenvalue weighted by molar-refractivity contribution is -0.146. The summed E-state index contributed by atoms with van der Waals surface area (Å²) >= 11 is 0. The van der Waals surface area contributed by atoms with Crippen molar-refractivity contribution in [2.45, 2.75) is 26.4 Å². The van der Waals surface area contributed by atoms with E-state index in [9.17, 15) is 14.7 Å². The Labute approximate surface area is 158 Å². The molecule has 2 aromatic rings. The van der Waals surface area contributed by atoms with Gasteiger partial charge in [0, 0.05) is 19.3 Å². The fourth-order valence-corrected chi connectivity index (χ4v) is 3.36. The van der Waals surface area contributed by atoms with Gasteiger partial charge in [-0.1, -0.05) is 25.1 Å². The number of aromatic nitrogens is 1. The van der Waals surface area contributed by atoms with Crippen LogP contribution in [-0.4, -0.2) is 40.0 Å². The molecule has 6 heteroatoms. The van der Waals surface area contributed by atoms with Crippen LogP contribution in [0.15, 0.2) is 48.7 Å². The Balaban J connectivity index is 1.54. The zero-order chi connectivity index (χ0) is 19.2. The number of amides is 1. The SMILES string of the molecule is CC1CC(C(=O)O)CN(C(=O)Cc2ccc(OCc3ccccn3)cc2)C1. The third-order valence-electron chi connectivity index (χ3n) is 4.75. The normalized spacial score (nSPS) is 19.5. The molecule has 0 saturated carbocycles. The highest BCUT2D eigenvalue weighted by molar-refractivity contribution is 5.80. The van der Waals surface area contributed by atoms with Crippen LogP contribution in [0.1, 0.15) is 24.6 Å². The molecule has 1 fully saturated rings. The summed E-state index contributed by atoms with van der Waals surface area (Å²) in [7, 11) is 0. The third-order valence-corrected chi connectivity index (χ3v) is 4.75. The van der Waals surface area contributed by atoms with E-state index in [4.69, 9.17) is 4.74 Å². The lowest BCUT2D eigenvalue weighted by Gasteiger charge is -2.34. The molecule has 0 spiro atoms. The summed E-state index contributed by atoms with van der Waals surface area (Å²) in [5.41, 5.74) is 1.74. The number of carbonyl (C=O) groups excluding carboxylic acids is 1. The van der Waals surface area contributed by atoms with Crippen LogP contribution in [0, 0.1) is 11.8 Å². The number of carboxylic acids is 1. The first-order valence-corrected chi connectivity index (χ1v) is 9.13. The number of hydrogen-bond donors (Lipinski definition) is 1. The van der Waals surface area contributed by atoms with Gasteiger partial charge in [-0.05, 0) is 42.2 Å². The van der Waals surface area contributed by atoms with Crippen molar-refractivity contribution in [1.29, 1.82) is 0 Å². The Morgan fingerprint density at radius 1 is 1.19 bits per heavy atom. The Morgan fingerprint density at radius 2 is 1.96 bits per heavy atom. The fraction of sp³-hybridized carbons (Fsp3) is 0.381. The number of carboxylic acid groups (broad SMARTS) is 1. The van der Waals surface area contributed by atoms with Gasteiger partial charge in [-0.2, -0.15) is 0 Å². The van der Waals surface area contributed by atoms with Crippen LogP contribution in [0.3, 0.4) is 0 Å². The van der Waals surface area contributed by atoms with Crippen LogP contribution >= 0.6 is 0 Å². The minimum Gasteiger partial charge on any atom is -0.487 e. The molecule has 27 heavy (non-hydrogen) atoms. The first-order chi connectivity index (χ1) is 13.0. The molecule has 1 saturated heterocycles. The Bertz CT molecular complexity index is 777. The maximum atomic E-state index is 12.6. The number of ether oxygens (including phenoxy) is 1. The average Bonchev–Trinajstić information content (AvgIpc) is 2.67. The predicted octanol–water partition coefficient (Wildman–Crippen LogP) is 2.77. The minimum absolute atomic E-state index is 0.0325. The summed E-state index contributed by atoms with van der Waals surface area (Å²) in [6, 6.07) is 13.1. The molecule has 3 rings (SSSR count). The summed E-state index contributed by atoms with van der Waals surface area (Å²) in [5, 5.41) is 9.25. The van der Waals surface area contributed by atoms with Crippen molar-refractivity contribution in [3.05, 3.63) is 59.9 Å².